The molecule has 20 heavy (non-hydrogen) atoms. The molecular formula is C13H12N4O3. The van der Waals surface area contributed by atoms with Crippen molar-refractivity contribution in [3.8, 4) is 11.4 Å². The molecule has 7 heteroatoms. The van der Waals surface area contributed by atoms with Crippen LogP contribution in [0.25, 0.3) is 11.4 Å². The lowest BCUT2D eigenvalue weighted by atomic mass is 10.2. The van der Waals surface area contributed by atoms with Gasteiger partial charge in [-0.05, 0) is 0 Å². The van der Waals surface area contributed by atoms with Crippen LogP contribution >= 0.6 is 0 Å². The summed E-state index contributed by atoms with van der Waals surface area (Å²) < 4.78 is 11.5. The second-order valence-corrected chi connectivity index (χ2v) is 4.17. The maximum atomic E-state index is 11.7. The van der Waals surface area contributed by atoms with Gasteiger partial charge in [0.05, 0.1) is 0 Å². The van der Waals surface area contributed by atoms with E-state index < -0.39 is 5.76 Å². The quantitative estimate of drug-likeness (QED) is 0.715. The summed E-state index contributed by atoms with van der Waals surface area (Å²) in [5.41, 5.74) is 0.786. The van der Waals surface area contributed by atoms with E-state index in [2.05, 4.69) is 15.4 Å². The minimum Gasteiger partial charge on any atom is -0.423 e. The van der Waals surface area contributed by atoms with Crippen LogP contribution in [0.4, 0.5) is 0 Å². The molecule has 0 aliphatic rings. The minimum absolute atomic E-state index is 0.138. The molecule has 0 N–H and O–H groups in total. The van der Waals surface area contributed by atoms with Gasteiger partial charge in [0.2, 0.25) is 11.8 Å². The van der Waals surface area contributed by atoms with E-state index in [1.54, 1.807) is 0 Å². The molecule has 3 rings (SSSR count). The number of benzene rings is 1. The highest BCUT2D eigenvalue weighted by Gasteiger charge is 2.15. The van der Waals surface area contributed by atoms with Gasteiger partial charge in [0.1, 0.15) is 6.54 Å². The molecule has 7 nitrogen and oxygen atoms in total. The van der Waals surface area contributed by atoms with Gasteiger partial charge >= 0.3 is 5.76 Å². The summed E-state index contributed by atoms with van der Waals surface area (Å²) in [7, 11) is 0. The van der Waals surface area contributed by atoms with E-state index in [4.69, 9.17) is 8.94 Å². The van der Waals surface area contributed by atoms with Crippen LogP contribution < -0.4 is 5.76 Å². The lowest BCUT2D eigenvalue weighted by Crippen LogP contribution is -2.16. The molecule has 0 bridgehead atoms. The lowest BCUT2D eigenvalue weighted by Gasteiger charge is -2.01. The van der Waals surface area contributed by atoms with Gasteiger partial charge < -0.3 is 4.42 Å². The van der Waals surface area contributed by atoms with Crippen molar-refractivity contribution < 1.29 is 8.94 Å². The summed E-state index contributed by atoms with van der Waals surface area (Å²) in [4.78, 5) is 11.7. The van der Waals surface area contributed by atoms with Crippen molar-refractivity contribution in [2.75, 3.05) is 0 Å². The number of aryl methyl sites for hydroxylation is 1. The lowest BCUT2D eigenvalue weighted by molar-refractivity contribution is 0.371. The molecule has 0 aliphatic heterocycles. The first-order valence-electron chi connectivity index (χ1n) is 6.21. The Kier molecular flexibility index (Phi) is 3.16. The van der Waals surface area contributed by atoms with Gasteiger partial charge in [-0.3, -0.25) is 4.52 Å². The first-order chi connectivity index (χ1) is 9.78. The van der Waals surface area contributed by atoms with Crippen LogP contribution in [-0.4, -0.2) is 19.9 Å². The second kappa shape index (κ2) is 5.12. The molecule has 0 atom stereocenters. The topological polar surface area (TPSA) is 87.0 Å². The average Bonchev–Trinajstić information content (AvgIpc) is 3.08. The predicted octanol–water partition coefficient (Wildman–Crippen LogP) is 1.50. The summed E-state index contributed by atoms with van der Waals surface area (Å²) >= 11 is 0. The van der Waals surface area contributed by atoms with Crippen LogP contribution in [0.5, 0.6) is 0 Å². The van der Waals surface area contributed by atoms with Gasteiger partial charge in [-0.2, -0.15) is 0 Å². The van der Waals surface area contributed by atoms with Crippen LogP contribution in [-0.2, 0) is 13.0 Å². The van der Waals surface area contributed by atoms with Crippen molar-refractivity contribution in [3.05, 3.63) is 52.7 Å². The van der Waals surface area contributed by atoms with E-state index in [1.165, 1.54) is 4.57 Å². The first-order valence-corrected chi connectivity index (χ1v) is 6.21. The Hall–Kier alpha value is -2.70. The summed E-state index contributed by atoms with van der Waals surface area (Å²) in [5, 5.41) is 11.6. The predicted molar refractivity (Wildman–Crippen MR) is 69.0 cm³/mol. The van der Waals surface area contributed by atoms with Gasteiger partial charge in [-0.1, -0.05) is 42.4 Å². The standard InChI is InChI=1S/C13H12N4O3/c1-2-10-14-15-11(19-10)8-17-12(16-20-13(17)18)9-6-4-3-5-7-9/h3-7H,2,8H2,1H3. The Morgan fingerprint density at radius 3 is 2.60 bits per heavy atom. The minimum atomic E-state index is -0.555. The molecule has 0 saturated heterocycles. The van der Waals surface area contributed by atoms with Crippen LogP contribution in [0.1, 0.15) is 18.7 Å². The van der Waals surface area contributed by atoms with Crippen molar-refractivity contribution in [1.29, 1.82) is 0 Å². The third-order valence-electron chi connectivity index (χ3n) is 2.82. The molecule has 102 valence electrons. The molecule has 0 spiro atoms. The zero-order valence-corrected chi connectivity index (χ0v) is 10.8. The Morgan fingerprint density at radius 1 is 1.15 bits per heavy atom. The van der Waals surface area contributed by atoms with E-state index in [1.807, 2.05) is 37.3 Å². The van der Waals surface area contributed by atoms with E-state index >= 15 is 0 Å². The van der Waals surface area contributed by atoms with Crippen LogP contribution in [0.3, 0.4) is 0 Å². The molecule has 0 amide bonds. The second-order valence-electron chi connectivity index (χ2n) is 4.17. The number of nitrogens with zero attached hydrogens (tertiary/aromatic N) is 4. The van der Waals surface area contributed by atoms with Crippen LogP contribution in [0.2, 0.25) is 0 Å². The smallest absolute Gasteiger partial charge is 0.423 e. The molecule has 3 aromatic rings. The fourth-order valence-corrected chi connectivity index (χ4v) is 1.83. The molecule has 2 aromatic heterocycles. The highest BCUT2D eigenvalue weighted by Crippen LogP contribution is 2.15. The maximum Gasteiger partial charge on any atom is 0.442 e. The monoisotopic (exact) mass is 272 g/mol. The van der Waals surface area contributed by atoms with Gasteiger partial charge in [0.25, 0.3) is 0 Å². The third-order valence-corrected chi connectivity index (χ3v) is 2.82. The Bertz CT molecular complexity index is 757. The first kappa shape index (κ1) is 12.3. The van der Waals surface area contributed by atoms with Crippen LogP contribution in [0, 0.1) is 0 Å². The normalized spacial score (nSPS) is 10.8. The Morgan fingerprint density at radius 2 is 1.90 bits per heavy atom. The van der Waals surface area contributed by atoms with Crippen molar-refractivity contribution >= 4 is 0 Å². The highest BCUT2D eigenvalue weighted by molar-refractivity contribution is 5.54. The van der Waals surface area contributed by atoms with Gasteiger partial charge in [-0.15, -0.1) is 10.2 Å². The molecule has 0 aliphatic carbocycles. The summed E-state index contributed by atoms with van der Waals surface area (Å²) in [6.07, 6.45) is 0.650. The van der Waals surface area contributed by atoms with Crippen LogP contribution in [0.15, 0.2) is 44.1 Å². The van der Waals surface area contributed by atoms with E-state index in [9.17, 15) is 4.79 Å². The molecule has 0 unspecified atom stereocenters. The summed E-state index contributed by atoms with van der Waals surface area (Å²) in [6.45, 7) is 2.05. The van der Waals surface area contributed by atoms with Crippen molar-refractivity contribution in [3.63, 3.8) is 0 Å². The molecule has 1 aromatic carbocycles. The molecular weight excluding hydrogens is 260 g/mol. The molecule has 0 radical (unpaired) electrons. The summed E-state index contributed by atoms with van der Waals surface area (Å²) in [5.74, 6) is 0.766. The average molecular weight is 272 g/mol. The number of rotatable bonds is 4. The van der Waals surface area contributed by atoms with Gasteiger partial charge in [-0.25, -0.2) is 9.36 Å². The number of aromatic nitrogens is 4. The maximum absolute atomic E-state index is 11.7. The molecule has 2 heterocycles. The Labute approximate surface area is 113 Å². The largest absolute Gasteiger partial charge is 0.442 e. The van der Waals surface area contributed by atoms with E-state index in [0.29, 0.717) is 24.0 Å². The molecule has 0 saturated carbocycles. The van der Waals surface area contributed by atoms with Crippen molar-refractivity contribution in [1.82, 2.24) is 19.9 Å². The van der Waals surface area contributed by atoms with Gasteiger partial charge in [0.15, 0.2) is 5.82 Å². The SMILES string of the molecule is CCc1nnc(Cn2c(-c3ccccc3)noc2=O)o1. The van der Waals surface area contributed by atoms with Crippen molar-refractivity contribution in [2.45, 2.75) is 19.9 Å². The fraction of sp³-hybridized carbons (Fsp3) is 0.231. The van der Waals surface area contributed by atoms with E-state index in [-0.39, 0.29) is 6.54 Å². The number of hydrogen-bond acceptors (Lipinski definition) is 6. The third kappa shape index (κ3) is 2.25. The Balaban J connectivity index is 1.97. The van der Waals surface area contributed by atoms with Gasteiger partial charge in [0, 0.05) is 12.0 Å². The highest BCUT2D eigenvalue weighted by atomic mass is 16.5. The van der Waals surface area contributed by atoms with E-state index in [0.717, 1.165) is 5.56 Å². The zero-order chi connectivity index (χ0) is 13.9. The van der Waals surface area contributed by atoms with Crippen molar-refractivity contribution in [2.24, 2.45) is 0 Å². The number of hydrogen-bond donors (Lipinski definition) is 0. The summed E-state index contributed by atoms with van der Waals surface area (Å²) in [6, 6.07) is 9.30. The fourth-order valence-electron chi connectivity index (χ4n) is 1.83. The zero-order valence-electron chi connectivity index (χ0n) is 10.8. The molecule has 0 fully saturated rings.